The van der Waals surface area contributed by atoms with Crippen LogP contribution in [-0.2, 0) is 0 Å². The Morgan fingerprint density at radius 1 is 1.04 bits per heavy atom. The Hall–Kier alpha value is -2.67. The van der Waals surface area contributed by atoms with Crippen LogP contribution in [-0.4, -0.2) is 0 Å². The van der Waals surface area contributed by atoms with Crippen LogP contribution in [0.3, 0.4) is 0 Å². The summed E-state index contributed by atoms with van der Waals surface area (Å²) in [5, 5.41) is 0. The molecule has 2 rings (SSSR count). The summed E-state index contributed by atoms with van der Waals surface area (Å²) in [5.74, 6) is -0.217. The molecule has 0 bridgehead atoms. The average molecular weight is 332 g/mol. The SMILES string of the molecule is C=C/C=C\C=C(/C)CCC(=C)c1c(C)cccc1-c1ccc(F)cc1. The van der Waals surface area contributed by atoms with E-state index in [0.29, 0.717) is 0 Å². The highest BCUT2D eigenvalue weighted by atomic mass is 19.1. The lowest BCUT2D eigenvalue weighted by molar-refractivity contribution is 0.628. The minimum absolute atomic E-state index is 0.217. The molecule has 0 heterocycles. The maximum Gasteiger partial charge on any atom is 0.123 e. The van der Waals surface area contributed by atoms with Crippen LogP contribution in [0.5, 0.6) is 0 Å². The van der Waals surface area contributed by atoms with E-state index in [1.54, 1.807) is 6.08 Å². The molecular weight excluding hydrogens is 307 g/mol. The Balaban J connectivity index is 2.25. The Morgan fingerprint density at radius 2 is 1.76 bits per heavy atom. The third kappa shape index (κ3) is 5.15. The Kier molecular flexibility index (Phi) is 6.71. The first-order chi connectivity index (χ1) is 12.0. The normalized spacial score (nSPS) is 11.7. The second kappa shape index (κ2) is 8.98. The van der Waals surface area contributed by atoms with Gasteiger partial charge in [0.2, 0.25) is 0 Å². The predicted molar refractivity (Wildman–Crippen MR) is 108 cm³/mol. The largest absolute Gasteiger partial charge is 0.207 e. The van der Waals surface area contributed by atoms with E-state index in [-0.39, 0.29) is 5.82 Å². The third-order valence-corrected chi connectivity index (χ3v) is 4.23. The van der Waals surface area contributed by atoms with E-state index in [1.165, 1.54) is 28.8 Å². The van der Waals surface area contributed by atoms with Crippen molar-refractivity contribution in [2.75, 3.05) is 0 Å². The van der Waals surface area contributed by atoms with Gasteiger partial charge in [0.1, 0.15) is 5.82 Å². The average Bonchev–Trinajstić information content (AvgIpc) is 2.60. The van der Waals surface area contributed by atoms with Gasteiger partial charge in [-0.25, -0.2) is 4.39 Å². The molecule has 0 unspecified atom stereocenters. The summed E-state index contributed by atoms with van der Waals surface area (Å²) in [6, 6.07) is 12.9. The topological polar surface area (TPSA) is 0 Å². The highest BCUT2D eigenvalue weighted by molar-refractivity contribution is 5.82. The molecule has 0 fully saturated rings. The standard InChI is InChI=1S/C24H25F/c1-5-6-7-9-18(2)12-13-20(4)24-19(3)10-8-11-23(24)21-14-16-22(25)17-15-21/h5-11,14-17H,1,4,12-13H2,2-3H3/b7-6-,18-9+. The number of benzene rings is 2. The van der Waals surface area contributed by atoms with E-state index in [0.717, 1.165) is 29.5 Å². The second-order valence-corrected chi connectivity index (χ2v) is 6.24. The van der Waals surface area contributed by atoms with Crippen LogP contribution in [0.4, 0.5) is 4.39 Å². The van der Waals surface area contributed by atoms with Crippen LogP contribution in [0.15, 0.2) is 85.5 Å². The zero-order valence-electron chi connectivity index (χ0n) is 15.1. The second-order valence-electron chi connectivity index (χ2n) is 6.24. The van der Waals surface area contributed by atoms with Gasteiger partial charge >= 0.3 is 0 Å². The molecule has 0 aliphatic carbocycles. The number of hydrogen-bond acceptors (Lipinski definition) is 0. The lowest BCUT2D eigenvalue weighted by Crippen LogP contribution is -1.94. The molecule has 1 heteroatoms. The molecule has 0 nitrogen and oxygen atoms in total. The van der Waals surface area contributed by atoms with Gasteiger partial charge < -0.3 is 0 Å². The molecule has 0 aliphatic heterocycles. The summed E-state index contributed by atoms with van der Waals surface area (Å²) in [6.07, 6.45) is 9.65. The minimum atomic E-state index is -0.217. The van der Waals surface area contributed by atoms with Gasteiger partial charge in [0.25, 0.3) is 0 Å². The van der Waals surface area contributed by atoms with Crippen LogP contribution in [0.25, 0.3) is 16.7 Å². The monoisotopic (exact) mass is 332 g/mol. The number of halogens is 1. The van der Waals surface area contributed by atoms with E-state index in [2.05, 4.69) is 45.2 Å². The zero-order valence-corrected chi connectivity index (χ0v) is 15.1. The molecule has 0 aliphatic rings. The molecule has 0 N–H and O–H groups in total. The van der Waals surface area contributed by atoms with Crippen molar-refractivity contribution in [2.45, 2.75) is 26.7 Å². The van der Waals surface area contributed by atoms with Crippen LogP contribution in [0.2, 0.25) is 0 Å². The van der Waals surface area contributed by atoms with E-state index >= 15 is 0 Å². The molecule has 25 heavy (non-hydrogen) atoms. The molecular formula is C24H25F. The van der Waals surface area contributed by atoms with Crippen molar-refractivity contribution in [3.8, 4) is 11.1 Å². The van der Waals surface area contributed by atoms with Crippen molar-refractivity contribution in [3.05, 3.63) is 102 Å². The molecule has 0 radical (unpaired) electrons. The maximum absolute atomic E-state index is 13.2. The minimum Gasteiger partial charge on any atom is -0.207 e. The fourth-order valence-corrected chi connectivity index (χ4v) is 2.86. The summed E-state index contributed by atoms with van der Waals surface area (Å²) in [5.41, 5.74) is 6.90. The molecule has 0 aromatic heterocycles. The van der Waals surface area contributed by atoms with Crippen molar-refractivity contribution in [1.82, 2.24) is 0 Å². The molecule has 0 atom stereocenters. The van der Waals surface area contributed by atoms with Gasteiger partial charge in [-0.2, -0.15) is 0 Å². The van der Waals surface area contributed by atoms with E-state index < -0.39 is 0 Å². The molecule has 2 aromatic rings. The lowest BCUT2D eigenvalue weighted by atomic mass is 9.89. The predicted octanol–water partition coefficient (Wildman–Crippen LogP) is 7.28. The van der Waals surface area contributed by atoms with Crippen molar-refractivity contribution in [1.29, 1.82) is 0 Å². The summed E-state index contributed by atoms with van der Waals surface area (Å²) < 4.78 is 13.2. The highest BCUT2D eigenvalue weighted by Gasteiger charge is 2.11. The van der Waals surface area contributed by atoms with Crippen molar-refractivity contribution < 1.29 is 4.39 Å². The van der Waals surface area contributed by atoms with Gasteiger partial charge in [0, 0.05) is 0 Å². The first-order valence-electron chi connectivity index (χ1n) is 8.51. The maximum atomic E-state index is 13.2. The zero-order chi connectivity index (χ0) is 18.2. The lowest BCUT2D eigenvalue weighted by Gasteiger charge is -2.16. The fraction of sp³-hybridized carbons (Fsp3) is 0.167. The summed E-state index contributed by atoms with van der Waals surface area (Å²) in [7, 11) is 0. The molecule has 0 saturated carbocycles. The van der Waals surface area contributed by atoms with Crippen molar-refractivity contribution in [3.63, 3.8) is 0 Å². The summed E-state index contributed by atoms with van der Waals surface area (Å²) >= 11 is 0. The van der Waals surface area contributed by atoms with E-state index in [9.17, 15) is 4.39 Å². The number of aryl methyl sites for hydroxylation is 1. The van der Waals surface area contributed by atoms with E-state index in [1.807, 2.05) is 30.4 Å². The fourth-order valence-electron chi connectivity index (χ4n) is 2.86. The Morgan fingerprint density at radius 3 is 2.44 bits per heavy atom. The van der Waals surface area contributed by atoms with Crippen LogP contribution in [0, 0.1) is 12.7 Å². The first kappa shape index (κ1) is 18.7. The number of hydrogen-bond donors (Lipinski definition) is 0. The van der Waals surface area contributed by atoms with Crippen molar-refractivity contribution in [2.24, 2.45) is 0 Å². The molecule has 2 aromatic carbocycles. The third-order valence-electron chi connectivity index (χ3n) is 4.23. The summed E-state index contributed by atoms with van der Waals surface area (Å²) in [6.45, 7) is 12.2. The number of rotatable bonds is 7. The van der Waals surface area contributed by atoms with Crippen LogP contribution in [0.1, 0.15) is 30.9 Å². The van der Waals surface area contributed by atoms with Gasteiger partial charge in [-0.1, -0.05) is 73.4 Å². The Bertz CT molecular complexity index is 804. The number of allylic oxidation sites excluding steroid dienone is 6. The molecule has 0 amide bonds. The van der Waals surface area contributed by atoms with Gasteiger partial charge in [0.15, 0.2) is 0 Å². The first-order valence-corrected chi connectivity index (χ1v) is 8.51. The van der Waals surface area contributed by atoms with Crippen LogP contribution < -0.4 is 0 Å². The van der Waals surface area contributed by atoms with Crippen molar-refractivity contribution >= 4 is 5.57 Å². The summed E-state index contributed by atoms with van der Waals surface area (Å²) in [4.78, 5) is 0. The molecule has 128 valence electrons. The van der Waals surface area contributed by atoms with Gasteiger partial charge in [-0.3, -0.25) is 0 Å². The van der Waals surface area contributed by atoms with E-state index in [4.69, 9.17) is 0 Å². The highest BCUT2D eigenvalue weighted by Crippen LogP contribution is 2.33. The smallest absolute Gasteiger partial charge is 0.123 e. The molecule has 0 saturated heterocycles. The molecule has 0 spiro atoms. The van der Waals surface area contributed by atoms with Gasteiger partial charge in [-0.05, 0) is 66.6 Å². The van der Waals surface area contributed by atoms with Crippen LogP contribution >= 0.6 is 0 Å². The quantitative estimate of drug-likeness (QED) is 0.467. The Labute approximate surface area is 150 Å². The van der Waals surface area contributed by atoms with Gasteiger partial charge in [-0.15, -0.1) is 0 Å². The van der Waals surface area contributed by atoms with Gasteiger partial charge in [0.05, 0.1) is 0 Å².